The van der Waals surface area contributed by atoms with Gasteiger partial charge in [0.25, 0.3) is 0 Å². The Labute approximate surface area is 162 Å². The van der Waals surface area contributed by atoms with Gasteiger partial charge in [0, 0.05) is 12.2 Å². The second-order valence-electron chi connectivity index (χ2n) is 5.33. The molecule has 0 fully saturated rings. The molecule has 2 amide bonds. The van der Waals surface area contributed by atoms with Crippen molar-refractivity contribution in [3.05, 3.63) is 51.6 Å². The predicted molar refractivity (Wildman–Crippen MR) is 103 cm³/mol. The quantitative estimate of drug-likeness (QED) is 0.777. The molecule has 1 aliphatic heterocycles. The van der Waals surface area contributed by atoms with E-state index in [9.17, 15) is 4.79 Å². The lowest BCUT2D eigenvalue weighted by Gasteiger charge is -2.15. The summed E-state index contributed by atoms with van der Waals surface area (Å²) in [7, 11) is 0. The van der Waals surface area contributed by atoms with Crippen LogP contribution >= 0.6 is 24.0 Å². The molecule has 1 N–H and O–H groups in total. The average molecular weight is 396 g/mol. The number of amides is 2. The first-order valence-electron chi connectivity index (χ1n) is 8.04. The molecular weight excluding hydrogens is 377 g/mol. The number of ether oxygens (including phenoxy) is 2. The third kappa shape index (κ3) is 4.45. The fraction of sp³-hybridized carbons (Fsp3) is 0.278. The number of carbonyl (C=O) groups is 1. The zero-order valence-electron chi connectivity index (χ0n) is 14.4. The second kappa shape index (κ2) is 8.87. The van der Waals surface area contributed by atoms with E-state index < -0.39 is 6.03 Å². The molecule has 0 unspecified atom stereocenters. The summed E-state index contributed by atoms with van der Waals surface area (Å²) in [5.74, 6) is 1.19. The van der Waals surface area contributed by atoms with Crippen molar-refractivity contribution >= 4 is 35.7 Å². The molecule has 3 rings (SSSR count). The summed E-state index contributed by atoms with van der Waals surface area (Å²) in [5, 5.41) is 4.97. The maximum absolute atomic E-state index is 11.2. The lowest BCUT2D eigenvalue weighted by Crippen LogP contribution is -2.21. The van der Waals surface area contributed by atoms with Crippen LogP contribution in [0.1, 0.15) is 19.4 Å². The van der Waals surface area contributed by atoms with Crippen molar-refractivity contribution in [2.45, 2.75) is 20.4 Å². The molecule has 26 heavy (non-hydrogen) atoms. The van der Waals surface area contributed by atoms with Crippen LogP contribution in [0.3, 0.4) is 0 Å². The number of fused-ring (bicyclic) bond motifs is 1. The third-order valence-electron chi connectivity index (χ3n) is 3.56. The predicted octanol–water partition coefficient (Wildman–Crippen LogP) is 3.54. The van der Waals surface area contributed by atoms with E-state index in [0.29, 0.717) is 47.0 Å². The van der Waals surface area contributed by atoms with Crippen molar-refractivity contribution in [3.8, 4) is 11.5 Å². The van der Waals surface area contributed by atoms with Crippen LogP contribution in [0.5, 0.6) is 11.5 Å². The Hall–Kier alpha value is -2.31. The Morgan fingerprint density at radius 1 is 1.04 bits per heavy atom. The normalized spacial score (nSPS) is 11.7. The lowest BCUT2D eigenvalue weighted by molar-refractivity contribution is 0.256. The molecule has 0 bridgehead atoms. The number of nitrogens with one attached hydrogen (secondary N) is 1. The number of carbonyl (C=O) groups excluding carboxylic acids is 1. The number of rotatable bonds is 7. The van der Waals surface area contributed by atoms with Crippen LogP contribution in [0.15, 0.2) is 40.3 Å². The molecule has 6 nitrogen and oxygen atoms in total. The van der Waals surface area contributed by atoms with E-state index in [0.717, 1.165) is 11.3 Å². The van der Waals surface area contributed by atoms with Crippen LogP contribution in [0, 0.1) is 0 Å². The minimum atomic E-state index is -0.466. The maximum Gasteiger partial charge on any atom is 0.368 e. The number of hydrogen-bond acceptors (Lipinski definition) is 4. The summed E-state index contributed by atoms with van der Waals surface area (Å²) in [4.78, 5) is 18.9. The summed E-state index contributed by atoms with van der Waals surface area (Å²) in [6, 6.07) is 8.71. The molecule has 0 saturated heterocycles. The molecular formula is C18H19Cl2N3O3. The first-order valence-corrected chi connectivity index (χ1v) is 8.42. The second-order valence-corrected chi connectivity index (χ2v) is 5.74. The number of benzene rings is 2. The number of halogens is 2. The van der Waals surface area contributed by atoms with Crippen LogP contribution in [0.2, 0.25) is 5.02 Å². The highest BCUT2D eigenvalue weighted by Gasteiger charge is 2.12. The molecule has 1 heterocycles. The van der Waals surface area contributed by atoms with Crippen LogP contribution in [0.4, 0.5) is 10.5 Å². The molecule has 0 aliphatic carbocycles. The SMILES string of the molecule is CCOc1cc(CNc2ccc3c(c2)=NC(=O)N=3)cc(Cl)c1OCC.Cl. The van der Waals surface area contributed by atoms with Crippen molar-refractivity contribution in [2.24, 2.45) is 9.98 Å². The van der Waals surface area contributed by atoms with Gasteiger partial charge >= 0.3 is 6.03 Å². The van der Waals surface area contributed by atoms with Crippen LogP contribution in [-0.4, -0.2) is 19.2 Å². The molecule has 2 aromatic carbocycles. The summed E-state index contributed by atoms with van der Waals surface area (Å²) in [6.07, 6.45) is 0. The molecule has 0 radical (unpaired) electrons. The molecule has 0 saturated carbocycles. The molecule has 2 aromatic rings. The fourth-order valence-corrected chi connectivity index (χ4v) is 2.81. The topological polar surface area (TPSA) is 72.3 Å². The van der Waals surface area contributed by atoms with E-state index in [1.807, 2.05) is 32.0 Å². The van der Waals surface area contributed by atoms with Crippen LogP contribution in [-0.2, 0) is 6.54 Å². The van der Waals surface area contributed by atoms with E-state index in [1.165, 1.54) is 0 Å². The van der Waals surface area contributed by atoms with E-state index >= 15 is 0 Å². The van der Waals surface area contributed by atoms with Gasteiger partial charge in [0.05, 0.1) is 29.0 Å². The van der Waals surface area contributed by atoms with Gasteiger partial charge in [-0.2, -0.15) is 9.98 Å². The van der Waals surface area contributed by atoms with Crippen molar-refractivity contribution in [1.82, 2.24) is 0 Å². The largest absolute Gasteiger partial charge is 0.490 e. The van der Waals surface area contributed by atoms with Crippen molar-refractivity contribution in [3.63, 3.8) is 0 Å². The van der Waals surface area contributed by atoms with Gasteiger partial charge in [-0.15, -0.1) is 12.4 Å². The van der Waals surface area contributed by atoms with Crippen molar-refractivity contribution in [2.75, 3.05) is 18.5 Å². The molecule has 8 heteroatoms. The highest BCUT2D eigenvalue weighted by atomic mass is 35.5. The van der Waals surface area contributed by atoms with Crippen molar-refractivity contribution < 1.29 is 14.3 Å². The smallest absolute Gasteiger partial charge is 0.368 e. The van der Waals surface area contributed by atoms with Crippen LogP contribution in [0.25, 0.3) is 0 Å². The van der Waals surface area contributed by atoms with E-state index in [2.05, 4.69) is 15.3 Å². The highest BCUT2D eigenvalue weighted by Crippen LogP contribution is 2.36. The maximum atomic E-state index is 11.2. The summed E-state index contributed by atoms with van der Waals surface area (Å²) in [6.45, 7) is 5.39. The van der Waals surface area contributed by atoms with Gasteiger partial charge in [-0.05, 0) is 49.7 Å². The Balaban J connectivity index is 0.00000243. The molecule has 0 spiro atoms. The Kier molecular flexibility index (Phi) is 6.83. The van der Waals surface area contributed by atoms with Crippen molar-refractivity contribution in [1.29, 1.82) is 0 Å². The van der Waals surface area contributed by atoms with Gasteiger partial charge < -0.3 is 14.8 Å². The average Bonchev–Trinajstić information content (AvgIpc) is 2.95. The van der Waals surface area contributed by atoms with E-state index in [4.69, 9.17) is 21.1 Å². The van der Waals surface area contributed by atoms with E-state index in [-0.39, 0.29) is 12.4 Å². The zero-order valence-corrected chi connectivity index (χ0v) is 16.0. The minimum Gasteiger partial charge on any atom is -0.490 e. The minimum absolute atomic E-state index is 0. The monoisotopic (exact) mass is 395 g/mol. The molecule has 0 atom stereocenters. The number of hydrogen-bond donors (Lipinski definition) is 1. The van der Waals surface area contributed by atoms with Gasteiger partial charge in [-0.25, -0.2) is 4.79 Å². The number of nitrogens with zero attached hydrogens (tertiary/aromatic N) is 2. The fourth-order valence-electron chi connectivity index (χ4n) is 2.52. The van der Waals surface area contributed by atoms with Gasteiger partial charge in [0.2, 0.25) is 0 Å². The lowest BCUT2D eigenvalue weighted by atomic mass is 10.2. The van der Waals surface area contributed by atoms with Gasteiger partial charge in [0.1, 0.15) is 0 Å². The summed E-state index contributed by atoms with van der Waals surface area (Å²) >= 11 is 6.33. The molecule has 1 aliphatic rings. The Bertz CT molecular complexity index is 932. The van der Waals surface area contributed by atoms with Gasteiger partial charge in [-0.1, -0.05) is 11.6 Å². The van der Waals surface area contributed by atoms with Gasteiger partial charge in [0.15, 0.2) is 11.5 Å². The summed E-state index contributed by atoms with van der Waals surface area (Å²) < 4.78 is 11.2. The first kappa shape index (κ1) is 20.0. The number of anilines is 1. The Morgan fingerprint density at radius 3 is 2.50 bits per heavy atom. The zero-order chi connectivity index (χ0) is 17.8. The number of urea groups is 1. The highest BCUT2D eigenvalue weighted by molar-refractivity contribution is 6.32. The van der Waals surface area contributed by atoms with Gasteiger partial charge in [-0.3, -0.25) is 0 Å². The first-order chi connectivity index (χ1) is 12.1. The molecule has 0 aromatic heterocycles. The summed E-state index contributed by atoms with van der Waals surface area (Å²) in [5.41, 5.74) is 1.80. The molecule has 138 valence electrons. The Morgan fingerprint density at radius 2 is 1.77 bits per heavy atom. The standard InChI is InChI=1S/C18H18ClN3O3.ClH/c1-3-24-16-8-11(7-13(19)17(16)25-4-2)10-20-12-5-6-14-15(9-12)22-18(23)21-14;/h5-9,20H,3-4,10H2,1-2H3;1H. The van der Waals surface area contributed by atoms with Crippen LogP contribution < -0.4 is 25.5 Å². The third-order valence-corrected chi connectivity index (χ3v) is 3.84. The van der Waals surface area contributed by atoms with E-state index in [1.54, 1.807) is 12.1 Å².